The van der Waals surface area contributed by atoms with Gasteiger partial charge in [-0.3, -0.25) is 0 Å². The molecule has 2 rings (SSSR count). The van der Waals surface area contributed by atoms with E-state index in [0.717, 1.165) is 24.2 Å². The Labute approximate surface area is 135 Å². The fraction of sp³-hybridized carbons (Fsp3) is 0.286. The van der Waals surface area contributed by atoms with E-state index in [9.17, 15) is 4.39 Å². The molecule has 106 valence electrons. The van der Waals surface area contributed by atoms with E-state index in [1.807, 2.05) is 6.92 Å². The lowest BCUT2D eigenvalue weighted by Gasteiger charge is -2.11. The van der Waals surface area contributed by atoms with Gasteiger partial charge < -0.3 is 4.98 Å². The van der Waals surface area contributed by atoms with Gasteiger partial charge in [0.2, 0.25) is 0 Å². The molecule has 0 unspecified atom stereocenters. The van der Waals surface area contributed by atoms with E-state index in [1.165, 1.54) is 0 Å². The molecule has 0 aliphatic carbocycles. The van der Waals surface area contributed by atoms with Gasteiger partial charge in [-0.25, -0.2) is 9.37 Å². The van der Waals surface area contributed by atoms with Gasteiger partial charge in [0.1, 0.15) is 10.5 Å². The van der Waals surface area contributed by atoms with Gasteiger partial charge in [0, 0.05) is 22.0 Å². The fourth-order valence-electron chi connectivity index (χ4n) is 1.92. The topological polar surface area (TPSA) is 28.7 Å². The molecule has 0 saturated carbocycles. The highest BCUT2D eigenvalue weighted by Crippen LogP contribution is 2.33. The van der Waals surface area contributed by atoms with Crippen LogP contribution in [-0.2, 0) is 6.42 Å². The molecule has 0 amide bonds. The molecular weight excluding hydrogens is 363 g/mol. The predicted molar refractivity (Wildman–Crippen MR) is 86.3 cm³/mol. The molecule has 2 aromatic rings. The van der Waals surface area contributed by atoms with Crippen LogP contribution in [0.15, 0.2) is 16.6 Å². The summed E-state index contributed by atoms with van der Waals surface area (Å²) < 4.78 is 15.4. The van der Waals surface area contributed by atoms with Crippen LogP contribution in [0.1, 0.15) is 24.7 Å². The molecule has 1 aromatic heterocycles. The maximum atomic E-state index is 14.3. The summed E-state index contributed by atoms with van der Waals surface area (Å²) in [7, 11) is 0. The minimum absolute atomic E-state index is 0.0649. The fourth-order valence-corrected chi connectivity index (χ4v) is 2.61. The first-order chi connectivity index (χ1) is 9.45. The average Bonchev–Trinajstić information content (AvgIpc) is 2.41. The highest BCUT2D eigenvalue weighted by atomic mass is 79.9. The van der Waals surface area contributed by atoms with E-state index in [4.69, 9.17) is 23.8 Å². The first kappa shape index (κ1) is 15.6. The van der Waals surface area contributed by atoms with Gasteiger partial charge in [-0.2, -0.15) is 0 Å². The van der Waals surface area contributed by atoms with Crippen LogP contribution in [0.25, 0.3) is 11.3 Å². The summed E-state index contributed by atoms with van der Waals surface area (Å²) in [5.41, 5.74) is 1.79. The summed E-state index contributed by atoms with van der Waals surface area (Å²) in [6.07, 6.45) is 1.70. The van der Waals surface area contributed by atoms with Crippen molar-refractivity contribution in [1.29, 1.82) is 0 Å². The van der Waals surface area contributed by atoms with Crippen molar-refractivity contribution in [3.05, 3.63) is 43.5 Å². The van der Waals surface area contributed by atoms with Crippen LogP contribution in [0.2, 0.25) is 5.02 Å². The third-order valence-electron chi connectivity index (χ3n) is 2.99. The Bertz CT molecular complexity index is 715. The molecule has 20 heavy (non-hydrogen) atoms. The van der Waals surface area contributed by atoms with Gasteiger partial charge in [0.25, 0.3) is 0 Å². The van der Waals surface area contributed by atoms with Gasteiger partial charge in [-0.15, -0.1) is 0 Å². The van der Waals surface area contributed by atoms with Crippen molar-refractivity contribution in [2.24, 2.45) is 0 Å². The van der Waals surface area contributed by atoms with Crippen LogP contribution in [0, 0.1) is 17.4 Å². The van der Waals surface area contributed by atoms with E-state index < -0.39 is 5.82 Å². The lowest BCUT2D eigenvalue weighted by Crippen LogP contribution is -2.02. The van der Waals surface area contributed by atoms with Crippen molar-refractivity contribution in [3.63, 3.8) is 0 Å². The molecule has 0 spiro atoms. The normalized spacial score (nSPS) is 10.8. The standard InChI is InChI=1S/C14H13BrClFN2S/c1-3-4-10-18-13(7(2)14(20)19-10)8-5-6-9(15)11(16)12(8)17/h5-6H,3-4H2,1-2H3,(H,18,19,20). The predicted octanol–water partition coefficient (Wildman–Crippen LogP) is 5.62. The quantitative estimate of drug-likeness (QED) is 0.557. The van der Waals surface area contributed by atoms with E-state index in [1.54, 1.807) is 12.1 Å². The second-order valence-corrected chi connectivity index (χ2v) is 6.08. The van der Waals surface area contributed by atoms with E-state index in [-0.39, 0.29) is 5.02 Å². The molecule has 0 aliphatic rings. The van der Waals surface area contributed by atoms with Gasteiger partial charge in [-0.05, 0) is 41.4 Å². The number of hydrogen-bond donors (Lipinski definition) is 1. The average molecular weight is 376 g/mol. The third kappa shape index (κ3) is 2.95. The van der Waals surface area contributed by atoms with Crippen LogP contribution in [0.4, 0.5) is 4.39 Å². The number of halogens is 3. The highest BCUT2D eigenvalue weighted by Gasteiger charge is 2.15. The van der Waals surface area contributed by atoms with Gasteiger partial charge in [0.15, 0.2) is 5.82 Å². The van der Waals surface area contributed by atoms with E-state index >= 15 is 0 Å². The molecule has 0 saturated heterocycles. The van der Waals surface area contributed by atoms with E-state index in [0.29, 0.717) is 20.4 Å². The smallest absolute Gasteiger partial charge is 0.152 e. The first-order valence-electron chi connectivity index (χ1n) is 6.19. The number of nitrogens with zero attached hydrogens (tertiary/aromatic N) is 1. The van der Waals surface area contributed by atoms with Crippen molar-refractivity contribution in [3.8, 4) is 11.3 Å². The number of rotatable bonds is 3. The largest absolute Gasteiger partial charge is 0.343 e. The molecule has 1 N–H and O–H groups in total. The number of H-pyrrole nitrogens is 1. The minimum atomic E-state index is -0.469. The Balaban J connectivity index is 2.69. The maximum absolute atomic E-state index is 14.3. The van der Waals surface area contributed by atoms with Crippen LogP contribution in [-0.4, -0.2) is 9.97 Å². The van der Waals surface area contributed by atoms with Gasteiger partial charge in [0.05, 0.1) is 10.7 Å². The summed E-state index contributed by atoms with van der Waals surface area (Å²) in [4.78, 5) is 7.48. The molecule has 2 nitrogen and oxygen atoms in total. The summed E-state index contributed by atoms with van der Waals surface area (Å²) in [5.74, 6) is 0.292. The number of aromatic nitrogens is 2. The zero-order valence-electron chi connectivity index (χ0n) is 11.1. The molecular formula is C14H13BrClFN2S. The van der Waals surface area contributed by atoms with Crippen LogP contribution < -0.4 is 0 Å². The van der Waals surface area contributed by atoms with Crippen molar-refractivity contribution in [2.45, 2.75) is 26.7 Å². The Kier molecular flexibility index (Phi) is 4.94. The SMILES string of the molecule is CCCc1nc(=S)c(C)c(-c2ccc(Br)c(Cl)c2F)[nH]1. The zero-order valence-corrected chi connectivity index (χ0v) is 14.2. The molecule has 1 aromatic carbocycles. The number of aryl methyl sites for hydroxylation is 1. The lowest BCUT2D eigenvalue weighted by atomic mass is 10.1. The molecule has 0 atom stereocenters. The highest BCUT2D eigenvalue weighted by molar-refractivity contribution is 9.10. The third-order valence-corrected chi connectivity index (χ3v) is 4.65. The van der Waals surface area contributed by atoms with Gasteiger partial charge >= 0.3 is 0 Å². The van der Waals surface area contributed by atoms with Crippen LogP contribution >= 0.6 is 39.7 Å². The second kappa shape index (κ2) is 6.33. The first-order valence-corrected chi connectivity index (χ1v) is 7.77. The molecule has 0 bridgehead atoms. The van der Waals surface area contributed by atoms with Crippen LogP contribution in [0.3, 0.4) is 0 Å². The zero-order chi connectivity index (χ0) is 14.9. The monoisotopic (exact) mass is 374 g/mol. The Morgan fingerprint density at radius 3 is 2.80 bits per heavy atom. The minimum Gasteiger partial charge on any atom is -0.343 e. The molecule has 1 heterocycles. The molecule has 0 radical (unpaired) electrons. The number of benzene rings is 1. The Morgan fingerprint density at radius 1 is 1.45 bits per heavy atom. The van der Waals surface area contributed by atoms with Crippen molar-refractivity contribution in [2.75, 3.05) is 0 Å². The summed E-state index contributed by atoms with van der Waals surface area (Å²) in [5, 5.41) is 0.0649. The Morgan fingerprint density at radius 2 is 2.15 bits per heavy atom. The van der Waals surface area contributed by atoms with Gasteiger partial charge in [-0.1, -0.05) is 30.7 Å². The number of aromatic amines is 1. The number of nitrogens with one attached hydrogen (secondary N) is 1. The molecule has 0 fully saturated rings. The summed E-state index contributed by atoms with van der Waals surface area (Å²) in [6, 6.07) is 3.39. The lowest BCUT2D eigenvalue weighted by molar-refractivity contribution is 0.629. The van der Waals surface area contributed by atoms with E-state index in [2.05, 4.69) is 32.8 Å². The number of hydrogen-bond acceptors (Lipinski definition) is 2. The van der Waals surface area contributed by atoms with Crippen LogP contribution in [0.5, 0.6) is 0 Å². The molecule has 6 heteroatoms. The Hall–Kier alpha value is -0.780. The van der Waals surface area contributed by atoms with Crippen molar-refractivity contribution in [1.82, 2.24) is 9.97 Å². The second-order valence-electron chi connectivity index (χ2n) is 4.46. The molecule has 0 aliphatic heterocycles. The summed E-state index contributed by atoms with van der Waals surface area (Å²) >= 11 is 14.4. The summed E-state index contributed by atoms with van der Waals surface area (Å²) in [6.45, 7) is 3.88. The van der Waals surface area contributed by atoms with Crippen molar-refractivity contribution < 1.29 is 4.39 Å². The maximum Gasteiger partial charge on any atom is 0.152 e. The van der Waals surface area contributed by atoms with Crippen molar-refractivity contribution >= 4 is 39.7 Å².